The van der Waals surface area contributed by atoms with Crippen molar-refractivity contribution in [2.24, 2.45) is 5.73 Å². The van der Waals surface area contributed by atoms with E-state index in [-0.39, 0.29) is 0 Å². The molecule has 3 nitrogen and oxygen atoms in total. The van der Waals surface area contributed by atoms with Crippen molar-refractivity contribution in [2.45, 2.75) is 6.54 Å². The topological polar surface area (TPSA) is 55.1 Å². The van der Waals surface area contributed by atoms with Gasteiger partial charge in [-0.1, -0.05) is 51.3 Å². The number of halogens is 3. The highest BCUT2D eigenvalue weighted by molar-refractivity contribution is 9.10. The lowest BCUT2D eigenvalue weighted by Gasteiger charge is -2.11. The maximum absolute atomic E-state index is 11.1. The summed E-state index contributed by atoms with van der Waals surface area (Å²) in [6, 6.07) is 10.6. The van der Waals surface area contributed by atoms with Crippen LogP contribution >= 0.6 is 39.1 Å². The third-order valence-corrected chi connectivity index (χ3v) is 3.74. The van der Waals surface area contributed by atoms with E-state index in [0.29, 0.717) is 27.8 Å². The molecular formula is C14H11BrCl2N2O. The maximum Gasteiger partial charge on any atom is 0.248 e. The molecule has 0 atom stereocenters. The zero-order valence-electron chi connectivity index (χ0n) is 10.3. The fourth-order valence-corrected chi connectivity index (χ4v) is 3.08. The molecule has 0 unspecified atom stereocenters. The number of carbonyl (C=O) groups is 1. The first-order chi connectivity index (χ1) is 9.47. The van der Waals surface area contributed by atoms with Gasteiger partial charge < -0.3 is 11.1 Å². The third-order valence-electron chi connectivity index (χ3n) is 2.69. The molecular weight excluding hydrogens is 363 g/mol. The Bertz CT molecular complexity index is 638. The molecule has 3 N–H and O–H groups in total. The minimum Gasteiger partial charge on any atom is -0.379 e. The second kappa shape index (κ2) is 6.48. The Hall–Kier alpha value is -1.23. The molecule has 2 aromatic rings. The van der Waals surface area contributed by atoms with E-state index in [2.05, 4.69) is 21.2 Å². The van der Waals surface area contributed by atoms with Crippen LogP contribution in [-0.2, 0) is 6.54 Å². The number of nitrogens with one attached hydrogen (secondary N) is 1. The normalized spacial score (nSPS) is 10.3. The Kier molecular flexibility index (Phi) is 4.91. The summed E-state index contributed by atoms with van der Waals surface area (Å²) in [5.41, 5.74) is 7.28. The van der Waals surface area contributed by atoms with Gasteiger partial charge >= 0.3 is 0 Å². The number of carbonyl (C=O) groups excluding carboxylic acids is 1. The number of nitrogens with two attached hydrogens (primary N) is 1. The van der Waals surface area contributed by atoms with Gasteiger partial charge in [-0.25, -0.2) is 0 Å². The number of amides is 1. The van der Waals surface area contributed by atoms with Crippen molar-refractivity contribution in [3.05, 3.63) is 62.0 Å². The summed E-state index contributed by atoms with van der Waals surface area (Å²) in [4.78, 5) is 11.1. The van der Waals surface area contributed by atoms with Gasteiger partial charge in [0.25, 0.3) is 0 Å². The molecule has 0 aliphatic carbocycles. The molecule has 0 aromatic heterocycles. The number of benzene rings is 2. The summed E-state index contributed by atoms with van der Waals surface area (Å²) >= 11 is 15.6. The summed E-state index contributed by atoms with van der Waals surface area (Å²) in [5, 5.41) is 4.20. The number of anilines is 1. The molecule has 20 heavy (non-hydrogen) atoms. The Balaban J connectivity index is 2.17. The smallest absolute Gasteiger partial charge is 0.248 e. The Morgan fingerprint density at radius 2 is 1.85 bits per heavy atom. The van der Waals surface area contributed by atoms with Crippen LogP contribution in [0.25, 0.3) is 0 Å². The van der Waals surface area contributed by atoms with Gasteiger partial charge in [0.05, 0.1) is 15.7 Å². The largest absolute Gasteiger partial charge is 0.379 e. The van der Waals surface area contributed by atoms with Gasteiger partial charge in [0.2, 0.25) is 5.91 Å². The number of rotatable bonds is 4. The molecule has 0 bridgehead atoms. The predicted molar refractivity (Wildman–Crippen MR) is 86.4 cm³/mol. The van der Waals surface area contributed by atoms with Crippen LogP contribution in [0.4, 0.5) is 5.69 Å². The van der Waals surface area contributed by atoms with Crippen LogP contribution in [-0.4, -0.2) is 5.91 Å². The lowest BCUT2D eigenvalue weighted by atomic mass is 10.1. The molecule has 6 heteroatoms. The molecule has 0 fully saturated rings. The first-order valence-corrected chi connectivity index (χ1v) is 7.29. The van der Waals surface area contributed by atoms with E-state index in [1.165, 1.54) is 0 Å². The van der Waals surface area contributed by atoms with Crippen LogP contribution in [0.2, 0.25) is 10.0 Å². The van der Waals surface area contributed by atoms with Gasteiger partial charge in [0, 0.05) is 16.6 Å². The zero-order valence-corrected chi connectivity index (χ0v) is 13.4. The van der Waals surface area contributed by atoms with Crippen molar-refractivity contribution < 1.29 is 4.79 Å². The fraction of sp³-hybridized carbons (Fsp3) is 0.0714. The maximum atomic E-state index is 11.1. The summed E-state index contributed by atoms with van der Waals surface area (Å²) in [6.07, 6.45) is 0. The second-order valence-corrected chi connectivity index (χ2v) is 5.89. The Morgan fingerprint density at radius 3 is 2.45 bits per heavy atom. The summed E-state index contributed by atoms with van der Waals surface area (Å²) in [6.45, 7) is 0.488. The third kappa shape index (κ3) is 3.66. The van der Waals surface area contributed by atoms with E-state index in [1.54, 1.807) is 30.3 Å². The van der Waals surface area contributed by atoms with Crippen LogP contribution in [0.15, 0.2) is 40.9 Å². The minimum atomic E-state index is -0.452. The zero-order chi connectivity index (χ0) is 14.7. The highest BCUT2D eigenvalue weighted by Crippen LogP contribution is 2.34. The first-order valence-electron chi connectivity index (χ1n) is 5.74. The van der Waals surface area contributed by atoms with Crippen molar-refractivity contribution in [1.29, 1.82) is 0 Å². The van der Waals surface area contributed by atoms with Crippen molar-refractivity contribution >= 4 is 50.7 Å². The van der Waals surface area contributed by atoms with Crippen molar-refractivity contribution in [3.8, 4) is 0 Å². The summed E-state index contributed by atoms with van der Waals surface area (Å²) in [7, 11) is 0. The van der Waals surface area contributed by atoms with E-state index in [9.17, 15) is 4.79 Å². The second-order valence-electron chi connectivity index (χ2n) is 4.16. The average Bonchev–Trinajstić information content (AvgIpc) is 2.37. The molecule has 2 rings (SSSR count). The van der Waals surface area contributed by atoms with Crippen LogP contribution in [0.5, 0.6) is 0 Å². The Labute approximate surface area is 135 Å². The van der Waals surface area contributed by atoms with Gasteiger partial charge in [-0.2, -0.15) is 0 Å². The van der Waals surface area contributed by atoms with Crippen molar-refractivity contribution in [2.75, 3.05) is 5.32 Å². The SMILES string of the molecule is NC(=O)c1cccc(CNc2c(Cl)cc(Br)cc2Cl)c1. The molecule has 0 aliphatic rings. The highest BCUT2D eigenvalue weighted by Gasteiger charge is 2.08. The van der Waals surface area contributed by atoms with E-state index < -0.39 is 5.91 Å². The average molecular weight is 374 g/mol. The highest BCUT2D eigenvalue weighted by atomic mass is 79.9. The lowest BCUT2D eigenvalue weighted by molar-refractivity contribution is 0.1000. The van der Waals surface area contributed by atoms with Crippen LogP contribution in [0, 0.1) is 0 Å². The number of primary amides is 1. The number of hydrogen-bond donors (Lipinski definition) is 2. The Morgan fingerprint density at radius 1 is 1.20 bits per heavy atom. The molecule has 2 aromatic carbocycles. The number of hydrogen-bond acceptors (Lipinski definition) is 2. The fourth-order valence-electron chi connectivity index (χ4n) is 1.74. The van der Waals surface area contributed by atoms with Crippen LogP contribution in [0.1, 0.15) is 15.9 Å². The van der Waals surface area contributed by atoms with Crippen molar-refractivity contribution in [1.82, 2.24) is 0 Å². The van der Waals surface area contributed by atoms with Crippen LogP contribution in [0.3, 0.4) is 0 Å². The monoisotopic (exact) mass is 372 g/mol. The molecule has 0 saturated carbocycles. The molecule has 104 valence electrons. The molecule has 0 spiro atoms. The molecule has 1 amide bonds. The summed E-state index contributed by atoms with van der Waals surface area (Å²) < 4.78 is 0.814. The van der Waals surface area contributed by atoms with E-state index in [1.807, 2.05) is 6.07 Å². The van der Waals surface area contributed by atoms with Gasteiger partial charge in [-0.05, 0) is 29.8 Å². The van der Waals surface area contributed by atoms with Gasteiger partial charge in [-0.15, -0.1) is 0 Å². The van der Waals surface area contributed by atoms with Crippen molar-refractivity contribution in [3.63, 3.8) is 0 Å². The standard InChI is InChI=1S/C14H11BrCl2N2O/c15-10-5-11(16)13(12(17)6-10)19-7-8-2-1-3-9(4-8)14(18)20/h1-6,19H,7H2,(H2,18,20). The molecule has 0 heterocycles. The predicted octanol–water partition coefficient (Wildman–Crippen LogP) is 4.47. The van der Waals surface area contributed by atoms with E-state index >= 15 is 0 Å². The van der Waals surface area contributed by atoms with E-state index in [4.69, 9.17) is 28.9 Å². The lowest BCUT2D eigenvalue weighted by Crippen LogP contribution is -2.11. The van der Waals surface area contributed by atoms with Gasteiger partial charge in [0.1, 0.15) is 0 Å². The minimum absolute atomic E-state index is 0.452. The first kappa shape index (κ1) is 15.2. The molecule has 0 radical (unpaired) electrons. The van der Waals surface area contributed by atoms with Gasteiger partial charge in [0.15, 0.2) is 0 Å². The molecule has 0 aliphatic heterocycles. The quantitative estimate of drug-likeness (QED) is 0.830. The summed E-state index contributed by atoms with van der Waals surface area (Å²) in [5.74, 6) is -0.452. The molecule has 0 saturated heterocycles. The van der Waals surface area contributed by atoms with E-state index in [0.717, 1.165) is 10.0 Å². The van der Waals surface area contributed by atoms with Crippen LogP contribution < -0.4 is 11.1 Å². The van der Waals surface area contributed by atoms with Gasteiger partial charge in [-0.3, -0.25) is 4.79 Å².